The van der Waals surface area contributed by atoms with Crippen molar-refractivity contribution in [2.75, 3.05) is 6.61 Å². The van der Waals surface area contributed by atoms with Crippen molar-refractivity contribution in [1.29, 1.82) is 0 Å². The summed E-state index contributed by atoms with van der Waals surface area (Å²) >= 11 is 0. The highest BCUT2D eigenvalue weighted by Crippen LogP contribution is 2.33. The van der Waals surface area contributed by atoms with Gasteiger partial charge in [-0.2, -0.15) is 0 Å². The maximum absolute atomic E-state index is 12.2. The van der Waals surface area contributed by atoms with Gasteiger partial charge in [-0.25, -0.2) is 4.98 Å². The van der Waals surface area contributed by atoms with Crippen LogP contribution in [-0.2, 0) is 17.6 Å². The number of hydrogen-bond donors (Lipinski definition) is 4. The number of carbonyl (C=O) groups is 1. The Labute approximate surface area is 158 Å². The molecule has 1 aliphatic rings. The van der Waals surface area contributed by atoms with E-state index in [0.717, 1.165) is 12.1 Å². The minimum Gasteiger partial charge on any atom is -0.394 e. The summed E-state index contributed by atoms with van der Waals surface area (Å²) in [6.45, 7) is 3.19. The third-order valence-corrected chi connectivity index (χ3v) is 5.05. The topological polar surface area (TPSA) is 108 Å². The number of amides is 1. The van der Waals surface area contributed by atoms with Gasteiger partial charge in [-0.1, -0.05) is 44.2 Å². The van der Waals surface area contributed by atoms with Crippen LogP contribution in [0.5, 0.6) is 0 Å². The molecule has 1 aromatic heterocycles. The van der Waals surface area contributed by atoms with Crippen LogP contribution in [-0.4, -0.2) is 49.6 Å². The quantitative estimate of drug-likeness (QED) is 0.598. The van der Waals surface area contributed by atoms with Gasteiger partial charge in [0.15, 0.2) is 0 Å². The fourth-order valence-corrected chi connectivity index (χ4v) is 3.40. The van der Waals surface area contributed by atoms with E-state index < -0.39 is 24.3 Å². The number of rotatable bonds is 6. The molecule has 0 saturated heterocycles. The first-order chi connectivity index (χ1) is 12.9. The number of aromatic nitrogens is 2. The molecular formula is C20H27N3O4. The summed E-state index contributed by atoms with van der Waals surface area (Å²) < 4.78 is 1.68. The molecule has 0 bridgehead atoms. The van der Waals surface area contributed by atoms with Gasteiger partial charge in [-0.05, 0) is 18.4 Å². The number of benzene rings is 1. The Hall–Kier alpha value is -2.22. The van der Waals surface area contributed by atoms with Crippen molar-refractivity contribution >= 4 is 5.91 Å². The molecule has 4 N–H and O–H groups in total. The van der Waals surface area contributed by atoms with Crippen LogP contribution >= 0.6 is 0 Å². The molecule has 3 unspecified atom stereocenters. The van der Waals surface area contributed by atoms with Gasteiger partial charge in [-0.15, -0.1) is 0 Å². The van der Waals surface area contributed by atoms with E-state index in [4.69, 9.17) is 0 Å². The van der Waals surface area contributed by atoms with Gasteiger partial charge in [0, 0.05) is 12.1 Å². The van der Waals surface area contributed by atoms with Crippen molar-refractivity contribution < 1.29 is 20.1 Å². The van der Waals surface area contributed by atoms with Crippen molar-refractivity contribution in [3.8, 4) is 0 Å². The molecule has 7 nitrogen and oxygen atoms in total. The Kier molecular flexibility index (Phi) is 5.94. The van der Waals surface area contributed by atoms with Crippen LogP contribution in [0.3, 0.4) is 0 Å². The summed E-state index contributed by atoms with van der Waals surface area (Å²) in [6.07, 6.45) is 0.842. The van der Waals surface area contributed by atoms with Crippen LogP contribution in [0.4, 0.5) is 0 Å². The minimum atomic E-state index is -1.23. The molecule has 0 fully saturated rings. The Morgan fingerprint density at radius 1 is 1.19 bits per heavy atom. The van der Waals surface area contributed by atoms with Crippen molar-refractivity contribution in [3.05, 3.63) is 53.6 Å². The lowest BCUT2D eigenvalue weighted by Crippen LogP contribution is -2.52. The van der Waals surface area contributed by atoms with Crippen LogP contribution in [0.15, 0.2) is 36.5 Å². The predicted octanol–water partition coefficient (Wildman–Crippen LogP) is 0.750. The molecule has 27 heavy (non-hydrogen) atoms. The third-order valence-electron chi connectivity index (χ3n) is 5.05. The van der Waals surface area contributed by atoms with Gasteiger partial charge in [0.2, 0.25) is 5.91 Å². The van der Waals surface area contributed by atoms with Gasteiger partial charge in [0.1, 0.15) is 24.1 Å². The first-order valence-corrected chi connectivity index (χ1v) is 9.31. The van der Waals surface area contributed by atoms with E-state index in [1.807, 2.05) is 30.3 Å². The van der Waals surface area contributed by atoms with E-state index in [2.05, 4.69) is 10.3 Å². The van der Waals surface area contributed by atoms with E-state index in [1.54, 1.807) is 24.6 Å². The third kappa shape index (κ3) is 4.05. The molecule has 2 aromatic rings. The molecule has 3 rings (SSSR count). The van der Waals surface area contributed by atoms with Crippen molar-refractivity contribution in [1.82, 2.24) is 14.9 Å². The SMILES string of the molecule is CC(C)C(=O)NC1c2nc(CCc3ccccc3)cn2C(CO)[C@@H](O)C1O. The number of hydrogen-bond acceptors (Lipinski definition) is 5. The Morgan fingerprint density at radius 3 is 2.52 bits per heavy atom. The van der Waals surface area contributed by atoms with E-state index in [0.29, 0.717) is 12.2 Å². The highest BCUT2D eigenvalue weighted by molar-refractivity contribution is 5.78. The fraction of sp³-hybridized carbons (Fsp3) is 0.500. The molecule has 146 valence electrons. The lowest BCUT2D eigenvalue weighted by molar-refractivity contribution is -0.128. The lowest BCUT2D eigenvalue weighted by Gasteiger charge is -2.38. The van der Waals surface area contributed by atoms with E-state index in [-0.39, 0.29) is 18.4 Å². The molecule has 0 spiro atoms. The minimum absolute atomic E-state index is 0.228. The Morgan fingerprint density at radius 2 is 1.89 bits per heavy atom. The highest BCUT2D eigenvalue weighted by Gasteiger charge is 2.43. The smallest absolute Gasteiger partial charge is 0.223 e. The molecule has 1 aromatic carbocycles. The summed E-state index contributed by atoms with van der Waals surface area (Å²) in [5.74, 6) is -0.0242. The van der Waals surface area contributed by atoms with Crippen molar-refractivity contribution in [3.63, 3.8) is 0 Å². The average molecular weight is 373 g/mol. The second-order valence-corrected chi connectivity index (χ2v) is 7.36. The molecule has 1 amide bonds. The number of carbonyl (C=O) groups excluding carboxylic acids is 1. The number of nitrogens with one attached hydrogen (secondary N) is 1. The summed E-state index contributed by atoms with van der Waals surface area (Å²) in [5, 5.41) is 33.4. The number of imidazole rings is 1. The maximum atomic E-state index is 12.2. The number of nitrogens with zero attached hydrogens (tertiary/aromatic N) is 2. The van der Waals surface area contributed by atoms with E-state index in [1.165, 1.54) is 5.56 Å². The van der Waals surface area contributed by atoms with Gasteiger partial charge >= 0.3 is 0 Å². The number of aliphatic hydroxyl groups is 3. The number of fused-ring (bicyclic) bond motifs is 1. The van der Waals surface area contributed by atoms with E-state index >= 15 is 0 Å². The molecule has 0 saturated carbocycles. The maximum Gasteiger partial charge on any atom is 0.223 e. The van der Waals surface area contributed by atoms with E-state index in [9.17, 15) is 20.1 Å². The highest BCUT2D eigenvalue weighted by atomic mass is 16.3. The molecule has 4 atom stereocenters. The Balaban J connectivity index is 1.87. The van der Waals surface area contributed by atoms with Gasteiger partial charge < -0.3 is 25.2 Å². The largest absolute Gasteiger partial charge is 0.394 e. The van der Waals surface area contributed by atoms with Gasteiger partial charge in [0.25, 0.3) is 0 Å². The predicted molar refractivity (Wildman–Crippen MR) is 99.9 cm³/mol. The second-order valence-electron chi connectivity index (χ2n) is 7.36. The first kappa shape index (κ1) is 19.5. The summed E-state index contributed by atoms with van der Waals surface area (Å²) in [5.41, 5.74) is 1.98. The van der Waals surface area contributed by atoms with Crippen LogP contribution in [0, 0.1) is 5.92 Å². The molecule has 2 heterocycles. The van der Waals surface area contributed by atoms with Crippen molar-refractivity contribution in [2.24, 2.45) is 5.92 Å². The fourth-order valence-electron chi connectivity index (χ4n) is 3.40. The van der Waals surface area contributed by atoms with Gasteiger partial charge in [-0.3, -0.25) is 4.79 Å². The normalized spacial score (nSPS) is 24.7. The lowest BCUT2D eigenvalue weighted by atomic mass is 9.93. The second kappa shape index (κ2) is 8.21. The summed E-state index contributed by atoms with van der Waals surface area (Å²) in [4.78, 5) is 16.8. The van der Waals surface area contributed by atoms with Gasteiger partial charge in [0.05, 0.1) is 18.3 Å². The van der Waals surface area contributed by atoms with Crippen molar-refractivity contribution in [2.45, 2.75) is 51.0 Å². The monoisotopic (exact) mass is 373 g/mol. The van der Waals surface area contributed by atoms with Crippen LogP contribution in [0.1, 0.15) is 43.0 Å². The zero-order valence-electron chi connectivity index (χ0n) is 15.6. The summed E-state index contributed by atoms with van der Waals surface area (Å²) in [6, 6.07) is 8.52. The molecule has 1 aliphatic heterocycles. The van der Waals surface area contributed by atoms with Crippen LogP contribution in [0.25, 0.3) is 0 Å². The zero-order valence-corrected chi connectivity index (χ0v) is 15.6. The zero-order chi connectivity index (χ0) is 19.6. The standard InChI is InChI=1S/C20H27N3O4/c1-12(2)20(27)22-16-18(26)17(25)15(11-24)23-10-14(21-19(16)23)9-8-13-6-4-3-5-7-13/h3-7,10,12,15-18,24-26H,8-9,11H2,1-2H3,(H,22,27)/t15?,16?,17-,18?/m1/s1. The number of aliphatic hydroxyl groups excluding tert-OH is 3. The number of aryl methyl sites for hydroxylation is 2. The van der Waals surface area contributed by atoms with Crippen LogP contribution < -0.4 is 5.32 Å². The van der Waals surface area contributed by atoms with Crippen LogP contribution in [0.2, 0.25) is 0 Å². The first-order valence-electron chi connectivity index (χ1n) is 9.31. The molecule has 0 radical (unpaired) electrons. The average Bonchev–Trinajstić information content (AvgIpc) is 3.08. The molecule has 7 heteroatoms. The molecule has 0 aliphatic carbocycles. The Bertz CT molecular complexity index is 775. The molecular weight excluding hydrogens is 346 g/mol. The summed E-state index contributed by atoms with van der Waals surface area (Å²) in [7, 11) is 0.